The number of aromatic nitrogens is 1. The van der Waals surface area contributed by atoms with Crippen molar-refractivity contribution in [1.29, 1.82) is 0 Å². The zero-order valence-corrected chi connectivity index (χ0v) is 15.0. The van der Waals surface area contributed by atoms with E-state index in [0.29, 0.717) is 0 Å². The molecule has 0 unspecified atom stereocenters. The summed E-state index contributed by atoms with van der Waals surface area (Å²) in [6.45, 7) is 0. The fourth-order valence-corrected chi connectivity index (χ4v) is 1.16. The summed E-state index contributed by atoms with van der Waals surface area (Å²) in [7, 11) is -5.17. The van der Waals surface area contributed by atoms with Crippen molar-refractivity contribution >= 4 is 10.4 Å². The smallest absolute Gasteiger partial charge is 1.00 e. The molecule has 2 rings (SSSR count). The molecule has 0 fully saturated rings. The molecule has 9 nitrogen and oxygen atoms in total. The van der Waals surface area contributed by atoms with Gasteiger partial charge in [-0.2, -0.15) is 0 Å². The van der Waals surface area contributed by atoms with E-state index in [0.717, 1.165) is 5.56 Å². The van der Waals surface area contributed by atoms with Crippen molar-refractivity contribution in [3.05, 3.63) is 79.5 Å². The van der Waals surface area contributed by atoms with Gasteiger partial charge in [-0.1, -0.05) is 36.4 Å². The van der Waals surface area contributed by atoms with Gasteiger partial charge in [-0.25, -0.2) is 0 Å². The van der Waals surface area contributed by atoms with Crippen LogP contribution in [0, 0.1) is 0 Å². The Hall–Kier alpha value is -1.01. The third-order valence-corrected chi connectivity index (χ3v) is 1.77. The molecule has 0 atom stereocenters. The molecule has 1 radical (unpaired) electrons. The summed E-state index contributed by atoms with van der Waals surface area (Å²) >= 11 is 0. The fraction of sp³-hybridized carbons (Fsp3) is 0. The molecule has 0 saturated heterocycles. The Morgan fingerprint density at radius 2 is 1.17 bits per heavy atom. The van der Waals surface area contributed by atoms with E-state index in [4.69, 9.17) is 17.5 Å². The Kier molecular flexibility index (Phi) is 31.4. The second-order valence-corrected chi connectivity index (χ2v) is 3.83. The SMILES string of the molecule is O=S(=O)([O-])[O-].[Cl-].[NH2-].[NH2-].[NH2-].[NH2-].[Ru+3].c1ccc(-c2cccnc2)cc1. The molecule has 1 aromatic carbocycles. The van der Waals surface area contributed by atoms with Gasteiger partial charge in [-0.3, -0.25) is 13.4 Å². The van der Waals surface area contributed by atoms with Crippen molar-refractivity contribution in [2.75, 3.05) is 0 Å². The van der Waals surface area contributed by atoms with Crippen molar-refractivity contribution in [1.82, 2.24) is 4.98 Å². The Morgan fingerprint density at radius 3 is 1.52 bits per heavy atom. The number of nitrogens with two attached hydrogens (primary N) is 4. The van der Waals surface area contributed by atoms with E-state index in [-0.39, 0.29) is 56.5 Å². The number of hydrogen-bond donors (Lipinski definition) is 0. The van der Waals surface area contributed by atoms with E-state index in [9.17, 15) is 0 Å². The molecule has 0 aliphatic carbocycles. The molecule has 1 heterocycles. The van der Waals surface area contributed by atoms with Gasteiger partial charge in [0, 0.05) is 22.8 Å². The molecule has 8 N–H and O–H groups in total. The van der Waals surface area contributed by atoms with Gasteiger partial charge >= 0.3 is 19.5 Å². The van der Waals surface area contributed by atoms with Gasteiger partial charge in [0.05, 0.1) is 0 Å². The number of pyridine rings is 1. The summed E-state index contributed by atoms with van der Waals surface area (Å²) in [5.41, 5.74) is 2.38. The second kappa shape index (κ2) is 19.0. The van der Waals surface area contributed by atoms with Gasteiger partial charge in [0.15, 0.2) is 0 Å². The average molecular weight is 452 g/mol. The molecule has 23 heavy (non-hydrogen) atoms. The number of halogens is 1. The summed E-state index contributed by atoms with van der Waals surface area (Å²) in [6, 6.07) is 14.2. The zero-order chi connectivity index (χ0) is 12.7. The second-order valence-electron chi connectivity index (χ2n) is 3.02. The van der Waals surface area contributed by atoms with Crippen LogP contribution in [0.4, 0.5) is 0 Å². The molecule has 1 aromatic heterocycles. The summed E-state index contributed by atoms with van der Waals surface area (Å²) < 4.78 is 34.1. The van der Waals surface area contributed by atoms with Gasteiger partial charge in [-0.05, 0) is 17.2 Å². The van der Waals surface area contributed by atoms with Crippen LogP contribution in [-0.4, -0.2) is 22.5 Å². The molecular weight excluding hydrogens is 435 g/mol. The van der Waals surface area contributed by atoms with Crippen LogP contribution in [0.15, 0.2) is 54.9 Å². The van der Waals surface area contributed by atoms with Gasteiger partial charge in [0.25, 0.3) is 0 Å². The first-order chi connectivity index (χ1) is 7.97. The minimum atomic E-state index is -5.17. The van der Waals surface area contributed by atoms with Crippen LogP contribution in [0.5, 0.6) is 0 Å². The maximum Gasteiger partial charge on any atom is 3.00 e. The molecule has 135 valence electrons. The quantitative estimate of drug-likeness (QED) is 0.353. The van der Waals surface area contributed by atoms with E-state index in [1.165, 1.54) is 5.56 Å². The van der Waals surface area contributed by atoms with E-state index < -0.39 is 10.4 Å². The van der Waals surface area contributed by atoms with E-state index in [1.807, 2.05) is 30.5 Å². The molecule has 0 aliphatic heterocycles. The Balaban J connectivity index is -0.0000000597. The Bertz CT molecular complexity index is 518. The first kappa shape index (κ1) is 37.9. The normalized spacial score (nSPS) is 7.57. The van der Waals surface area contributed by atoms with Gasteiger partial charge < -0.3 is 46.1 Å². The predicted molar refractivity (Wildman–Crippen MR) is 81.3 cm³/mol. The van der Waals surface area contributed by atoms with Gasteiger partial charge in [0.1, 0.15) is 0 Å². The maximum atomic E-state index is 8.52. The van der Waals surface area contributed by atoms with E-state index in [1.54, 1.807) is 6.20 Å². The van der Waals surface area contributed by atoms with Crippen LogP contribution in [0.1, 0.15) is 0 Å². The van der Waals surface area contributed by atoms with Crippen LogP contribution in [0.3, 0.4) is 0 Å². The standard InChI is InChI=1S/C11H9N.ClH.4H2N.H2O4S.Ru/c1-2-5-10(6-3-1)11-7-4-8-12-9-11;;;;;;1-5(2,3)4;/h1-9H;1H;4*1H2;(H2,1,2,3,4);/q;;4*-1;;+3/p-3. The van der Waals surface area contributed by atoms with Crippen LogP contribution in [0.2, 0.25) is 0 Å². The molecule has 0 spiro atoms. The molecular formula is C11H17ClN5O4RuS-4. The van der Waals surface area contributed by atoms with Crippen LogP contribution < -0.4 is 12.4 Å². The molecule has 12 heteroatoms. The maximum absolute atomic E-state index is 8.52. The van der Waals surface area contributed by atoms with Crippen LogP contribution in [0.25, 0.3) is 35.7 Å². The van der Waals surface area contributed by atoms with Crippen LogP contribution >= 0.6 is 0 Å². The predicted octanol–water partition coefficient (Wildman–Crippen LogP) is 1.28. The zero-order valence-electron chi connectivity index (χ0n) is 11.7. The van der Waals surface area contributed by atoms with Gasteiger partial charge in [0.2, 0.25) is 0 Å². The molecule has 0 aliphatic rings. The number of rotatable bonds is 1. The van der Waals surface area contributed by atoms with Gasteiger partial charge in [-0.15, -0.1) is 0 Å². The first-order valence-electron chi connectivity index (χ1n) is 4.59. The van der Waals surface area contributed by atoms with Crippen molar-refractivity contribution < 1.29 is 49.4 Å². The molecule has 0 amide bonds. The topological polar surface area (TPSA) is 227 Å². The van der Waals surface area contributed by atoms with Crippen LogP contribution in [-0.2, 0) is 29.9 Å². The van der Waals surface area contributed by atoms with Crippen molar-refractivity contribution in [3.63, 3.8) is 0 Å². The average Bonchev–Trinajstić information content (AvgIpc) is 2.29. The minimum absolute atomic E-state index is 0. The third kappa shape index (κ3) is 21.0. The minimum Gasteiger partial charge on any atom is -1.00 e. The summed E-state index contributed by atoms with van der Waals surface area (Å²) in [5.74, 6) is 0. The summed E-state index contributed by atoms with van der Waals surface area (Å²) in [4.78, 5) is 4.06. The van der Waals surface area contributed by atoms with Crippen molar-refractivity contribution in [2.45, 2.75) is 0 Å². The number of hydrogen-bond acceptors (Lipinski definition) is 5. The molecule has 0 bridgehead atoms. The fourth-order valence-electron chi connectivity index (χ4n) is 1.16. The van der Waals surface area contributed by atoms with Crippen molar-refractivity contribution in [3.8, 4) is 11.1 Å². The Morgan fingerprint density at radius 1 is 0.783 bits per heavy atom. The number of nitrogens with zero attached hydrogens (tertiary/aromatic N) is 1. The third-order valence-electron chi connectivity index (χ3n) is 1.77. The largest absolute Gasteiger partial charge is 3.00 e. The molecule has 0 saturated carbocycles. The van der Waals surface area contributed by atoms with E-state index in [2.05, 4.69) is 23.2 Å². The molecule has 2 aromatic rings. The monoisotopic (exact) mass is 452 g/mol. The Labute approximate surface area is 155 Å². The summed E-state index contributed by atoms with van der Waals surface area (Å²) in [6.07, 6.45) is 3.65. The number of benzene rings is 1. The van der Waals surface area contributed by atoms with Crippen molar-refractivity contribution in [2.24, 2.45) is 0 Å². The van der Waals surface area contributed by atoms with E-state index >= 15 is 0 Å². The first-order valence-corrected chi connectivity index (χ1v) is 5.92. The summed E-state index contributed by atoms with van der Waals surface area (Å²) in [5, 5.41) is 0.